The number of benzene rings is 1. The maximum Gasteiger partial charge on any atom is 0.198 e. The maximum atomic E-state index is 4.68. The molecule has 6 heteroatoms. The van der Waals surface area contributed by atoms with Gasteiger partial charge in [-0.15, -0.1) is 0 Å². The second-order valence-electron chi connectivity index (χ2n) is 4.39. The van der Waals surface area contributed by atoms with Gasteiger partial charge in [0, 0.05) is 24.5 Å². The molecule has 0 fully saturated rings. The molecule has 0 radical (unpaired) electrons. The molecule has 0 unspecified atom stereocenters. The summed E-state index contributed by atoms with van der Waals surface area (Å²) in [5.41, 5.74) is 1.98. The molecule has 0 atom stereocenters. The molecule has 0 amide bonds. The summed E-state index contributed by atoms with van der Waals surface area (Å²) in [6.07, 6.45) is 3.47. The predicted octanol–water partition coefficient (Wildman–Crippen LogP) is 3.57. The molecule has 0 saturated heterocycles. The number of anilines is 1. The number of hydrogen-bond acceptors (Lipinski definition) is 4. The average Bonchev–Trinajstić information content (AvgIpc) is 3.05. The SMILES string of the molecule is CCNc1nc(-c2ncc[nH]2)nc(-c2ccccc2)c1I. The van der Waals surface area contributed by atoms with Gasteiger partial charge >= 0.3 is 0 Å². The number of rotatable bonds is 4. The topological polar surface area (TPSA) is 66.5 Å². The largest absolute Gasteiger partial charge is 0.369 e. The van der Waals surface area contributed by atoms with E-state index in [1.807, 2.05) is 37.3 Å². The third-order valence-electron chi connectivity index (χ3n) is 2.95. The second kappa shape index (κ2) is 6.21. The summed E-state index contributed by atoms with van der Waals surface area (Å²) in [4.78, 5) is 16.5. The zero-order chi connectivity index (χ0) is 14.7. The lowest BCUT2D eigenvalue weighted by Gasteiger charge is -2.11. The van der Waals surface area contributed by atoms with Crippen LogP contribution in [0.1, 0.15) is 6.92 Å². The Labute approximate surface area is 136 Å². The summed E-state index contributed by atoms with van der Waals surface area (Å²) in [6.45, 7) is 2.85. The van der Waals surface area contributed by atoms with E-state index < -0.39 is 0 Å². The molecule has 1 aromatic carbocycles. The fourth-order valence-electron chi connectivity index (χ4n) is 2.01. The smallest absolute Gasteiger partial charge is 0.198 e. The lowest BCUT2D eigenvalue weighted by molar-refractivity contribution is 1.08. The van der Waals surface area contributed by atoms with Crippen molar-refractivity contribution in [3.8, 4) is 22.9 Å². The third kappa shape index (κ3) is 2.90. The Kier molecular flexibility index (Phi) is 4.14. The highest BCUT2D eigenvalue weighted by atomic mass is 127. The lowest BCUT2D eigenvalue weighted by atomic mass is 10.1. The molecule has 0 saturated carbocycles. The van der Waals surface area contributed by atoms with E-state index in [9.17, 15) is 0 Å². The van der Waals surface area contributed by atoms with Crippen molar-refractivity contribution in [2.45, 2.75) is 6.92 Å². The molecule has 5 nitrogen and oxygen atoms in total. The Morgan fingerprint density at radius 1 is 1.19 bits per heavy atom. The van der Waals surface area contributed by atoms with Crippen LogP contribution in [0.25, 0.3) is 22.9 Å². The highest BCUT2D eigenvalue weighted by molar-refractivity contribution is 14.1. The summed E-state index contributed by atoms with van der Waals surface area (Å²) in [5, 5.41) is 3.29. The Bertz CT molecular complexity index is 725. The maximum absolute atomic E-state index is 4.68. The highest BCUT2D eigenvalue weighted by Crippen LogP contribution is 2.29. The van der Waals surface area contributed by atoms with Crippen LogP contribution in [0.5, 0.6) is 0 Å². The zero-order valence-corrected chi connectivity index (χ0v) is 13.6. The highest BCUT2D eigenvalue weighted by Gasteiger charge is 2.15. The molecular formula is C15H14IN5. The summed E-state index contributed by atoms with van der Waals surface area (Å²) in [7, 11) is 0. The van der Waals surface area contributed by atoms with E-state index in [1.54, 1.807) is 12.4 Å². The number of aromatic amines is 1. The molecule has 0 bridgehead atoms. The van der Waals surface area contributed by atoms with Gasteiger partial charge in [0.25, 0.3) is 0 Å². The quantitative estimate of drug-likeness (QED) is 0.668. The lowest BCUT2D eigenvalue weighted by Crippen LogP contribution is -2.06. The number of imidazole rings is 1. The van der Waals surface area contributed by atoms with Gasteiger partial charge in [0.1, 0.15) is 5.82 Å². The fraction of sp³-hybridized carbons (Fsp3) is 0.133. The number of nitrogens with one attached hydrogen (secondary N) is 2. The van der Waals surface area contributed by atoms with Crippen LogP contribution in [0.3, 0.4) is 0 Å². The first-order valence-electron chi connectivity index (χ1n) is 6.66. The van der Waals surface area contributed by atoms with Gasteiger partial charge < -0.3 is 10.3 Å². The van der Waals surface area contributed by atoms with Gasteiger partial charge in [0.2, 0.25) is 0 Å². The van der Waals surface area contributed by atoms with Crippen molar-refractivity contribution in [3.63, 3.8) is 0 Å². The van der Waals surface area contributed by atoms with E-state index in [-0.39, 0.29) is 0 Å². The Hall–Kier alpha value is -1.96. The monoisotopic (exact) mass is 391 g/mol. The first-order valence-corrected chi connectivity index (χ1v) is 7.74. The number of nitrogens with zero attached hydrogens (tertiary/aromatic N) is 3. The van der Waals surface area contributed by atoms with E-state index in [0.29, 0.717) is 11.6 Å². The first-order chi connectivity index (χ1) is 10.3. The fourth-order valence-corrected chi connectivity index (χ4v) is 2.76. The summed E-state index contributed by atoms with van der Waals surface area (Å²) >= 11 is 2.28. The van der Waals surface area contributed by atoms with Crippen LogP contribution in [0.2, 0.25) is 0 Å². The molecule has 3 rings (SSSR count). The predicted molar refractivity (Wildman–Crippen MR) is 91.9 cm³/mol. The van der Waals surface area contributed by atoms with Crippen LogP contribution < -0.4 is 5.32 Å². The number of halogens is 1. The Morgan fingerprint density at radius 3 is 2.67 bits per heavy atom. The van der Waals surface area contributed by atoms with Crippen LogP contribution in [-0.2, 0) is 0 Å². The molecular weight excluding hydrogens is 377 g/mol. The number of aromatic nitrogens is 4. The van der Waals surface area contributed by atoms with E-state index in [0.717, 1.165) is 27.2 Å². The van der Waals surface area contributed by atoms with E-state index in [1.165, 1.54) is 0 Å². The molecule has 0 aliphatic rings. The van der Waals surface area contributed by atoms with Crippen molar-refractivity contribution in [1.29, 1.82) is 0 Å². The summed E-state index contributed by atoms with van der Waals surface area (Å²) < 4.78 is 1.01. The van der Waals surface area contributed by atoms with Gasteiger partial charge in [0.05, 0.1) is 9.26 Å². The molecule has 2 aromatic heterocycles. The second-order valence-corrected chi connectivity index (χ2v) is 5.47. The van der Waals surface area contributed by atoms with Gasteiger partial charge in [-0.1, -0.05) is 30.3 Å². The normalized spacial score (nSPS) is 10.6. The molecule has 3 aromatic rings. The molecule has 21 heavy (non-hydrogen) atoms. The molecule has 2 N–H and O–H groups in total. The van der Waals surface area contributed by atoms with Gasteiger partial charge in [0.15, 0.2) is 11.6 Å². The van der Waals surface area contributed by atoms with Crippen LogP contribution >= 0.6 is 22.6 Å². The third-order valence-corrected chi connectivity index (χ3v) is 3.97. The zero-order valence-electron chi connectivity index (χ0n) is 11.5. The minimum absolute atomic E-state index is 0.593. The van der Waals surface area contributed by atoms with Crippen LogP contribution in [0.4, 0.5) is 5.82 Å². The van der Waals surface area contributed by atoms with E-state index in [4.69, 9.17) is 0 Å². The molecule has 0 aliphatic carbocycles. The van der Waals surface area contributed by atoms with Gasteiger partial charge in [-0.05, 0) is 29.5 Å². The van der Waals surface area contributed by atoms with Crippen LogP contribution in [-0.4, -0.2) is 26.5 Å². The summed E-state index contributed by atoms with van der Waals surface area (Å²) in [5.74, 6) is 2.09. The van der Waals surface area contributed by atoms with Crippen molar-refractivity contribution in [2.75, 3.05) is 11.9 Å². The van der Waals surface area contributed by atoms with Crippen molar-refractivity contribution in [1.82, 2.24) is 19.9 Å². The van der Waals surface area contributed by atoms with E-state index in [2.05, 4.69) is 47.8 Å². The molecule has 0 spiro atoms. The van der Waals surface area contributed by atoms with Crippen molar-refractivity contribution < 1.29 is 0 Å². The number of H-pyrrole nitrogens is 1. The molecule has 2 heterocycles. The average molecular weight is 391 g/mol. The van der Waals surface area contributed by atoms with Crippen molar-refractivity contribution in [2.24, 2.45) is 0 Å². The van der Waals surface area contributed by atoms with Crippen LogP contribution in [0, 0.1) is 3.57 Å². The minimum atomic E-state index is 0.593. The summed E-state index contributed by atoms with van der Waals surface area (Å²) in [6, 6.07) is 10.1. The Balaban J connectivity index is 2.18. The van der Waals surface area contributed by atoms with Gasteiger partial charge in [-0.3, -0.25) is 0 Å². The van der Waals surface area contributed by atoms with Crippen molar-refractivity contribution in [3.05, 3.63) is 46.3 Å². The molecule has 0 aliphatic heterocycles. The number of hydrogen-bond donors (Lipinski definition) is 2. The minimum Gasteiger partial charge on any atom is -0.369 e. The standard InChI is InChI=1S/C15H14IN5/c1-2-17-13-11(16)12(10-6-4-3-5-7-10)20-15(21-13)14-18-8-9-19-14/h3-9H,2H2,1H3,(H,18,19)(H,17,20,21). The van der Waals surface area contributed by atoms with Gasteiger partial charge in [-0.2, -0.15) is 0 Å². The van der Waals surface area contributed by atoms with E-state index >= 15 is 0 Å². The Morgan fingerprint density at radius 2 is 2.00 bits per heavy atom. The van der Waals surface area contributed by atoms with Gasteiger partial charge in [-0.25, -0.2) is 15.0 Å². The van der Waals surface area contributed by atoms with Crippen LogP contribution in [0.15, 0.2) is 42.7 Å². The van der Waals surface area contributed by atoms with Crippen molar-refractivity contribution >= 4 is 28.4 Å². The first kappa shape index (κ1) is 14.0. The molecule has 106 valence electrons.